The lowest BCUT2D eigenvalue weighted by Gasteiger charge is -2.14. The third-order valence-corrected chi connectivity index (χ3v) is 5.27. The Hall–Kier alpha value is -1.02. The molecule has 0 N–H and O–H groups in total. The van der Waals surface area contributed by atoms with Gasteiger partial charge < -0.3 is 4.42 Å². The average molecular weight is 335 g/mol. The molecule has 1 aromatic carbocycles. The summed E-state index contributed by atoms with van der Waals surface area (Å²) in [5.41, 5.74) is 5.20. The zero-order valence-electron chi connectivity index (χ0n) is 13.0. The van der Waals surface area contributed by atoms with Gasteiger partial charge in [-0.3, -0.25) is 0 Å². The van der Waals surface area contributed by atoms with E-state index in [0.717, 1.165) is 11.5 Å². The lowest BCUT2D eigenvalue weighted by Crippen LogP contribution is -1.97. The number of alkyl halides is 1. The van der Waals surface area contributed by atoms with E-state index in [0.29, 0.717) is 5.92 Å². The first-order chi connectivity index (χ1) is 9.45. The summed E-state index contributed by atoms with van der Waals surface area (Å²) in [6.07, 6.45) is 1.18. The molecule has 1 nitrogen and oxygen atoms in total. The molecule has 2 atom stereocenters. The maximum atomic E-state index is 5.74. The quantitative estimate of drug-likeness (QED) is 0.606. The number of furan rings is 1. The molecule has 0 saturated heterocycles. The summed E-state index contributed by atoms with van der Waals surface area (Å²) >= 11 is 3.83. The van der Waals surface area contributed by atoms with Crippen LogP contribution in [-0.2, 0) is 0 Å². The van der Waals surface area contributed by atoms with E-state index >= 15 is 0 Å². The molecule has 108 valence electrons. The third kappa shape index (κ3) is 2.85. The molecule has 0 aliphatic heterocycles. The van der Waals surface area contributed by atoms with Crippen LogP contribution in [0.15, 0.2) is 28.7 Å². The molecule has 0 saturated carbocycles. The van der Waals surface area contributed by atoms with Gasteiger partial charge in [-0.1, -0.05) is 54.0 Å². The number of hydrogen-bond donors (Lipinski definition) is 0. The molecule has 2 unspecified atom stereocenters. The van der Waals surface area contributed by atoms with Gasteiger partial charge in [-0.25, -0.2) is 0 Å². The van der Waals surface area contributed by atoms with Gasteiger partial charge in [-0.15, -0.1) is 0 Å². The van der Waals surface area contributed by atoms with Crippen molar-refractivity contribution in [3.05, 3.63) is 58.0 Å². The van der Waals surface area contributed by atoms with Crippen molar-refractivity contribution in [1.82, 2.24) is 0 Å². The van der Waals surface area contributed by atoms with Crippen molar-refractivity contribution in [2.75, 3.05) is 0 Å². The summed E-state index contributed by atoms with van der Waals surface area (Å²) in [5, 5.41) is 0. The summed E-state index contributed by atoms with van der Waals surface area (Å²) in [6.45, 7) is 10.7. The van der Waals surface area contributed by atoms with E-state index in [9.17, 15) is 0 Å². The van der Waals surface area contributed by atoms with Gasteiger partial charge in [0.25, 0.3) is 0 Å². The zero-order valence-corrected chi connectivity index (χ0v) is 14.5. The standard InChI is InChI=1S/C18H23BrO/c1-6-11(2)15-7-9-16(10-8-15)18(19)17-12(3)13(4)20-14(17)5/h7-11,18H,6H2,1-5H3. The lowest BCUT2D eigenvalue weighted by molar-refractivity contribution is 0.500. The van der Waals surface area contributed by atoms with E-state index in [1.807, 2.05) is 13.8 Å². The van der Waals surface area contributed by atoms with Crippen molar-refractivity contribution < 1.29 is 4.42 Å². The van der Waals surface area contributed by atoms with E-state index in [1.165, 1.54) is 28.7 Å². The molecule has 0 bridgehead atoms. The van der Waals surface area contributed by atoms with Crippen LogP contribution in [0.2, 0.25) is 0 Å². The predicted octanol–water partition coefficient (Wildman–Crippen LogP) is 6.20. The van der Waals surface area contributed by atoms with Gasteiger partial charge in [-0.05, 0) is 49.8 Å². The molecule has 20 heavy (non-hydrogen) atoms. The van der Waals surface area contributed by atoms with Crippen molar-refractivity contribution in [1.29, 1.82) is 0 Å². The van der Waals surface area contributed by atoms with Crippen LogP contribution in [0.4, 0.5) is 0 Å². The fourth-order valence-corrected chi connectivity index (χ4v) is 3.55. The fourth-order valence-electron chi connectivity index (χ4n) is 2.58. The van der Waals surface area contributed by atoms with Gasteiger partial charge in [0.05, 0.1) is 4.83 Å². The monoisotopic (exact) mass is 334 g/mol. The lowest BCUT2D eigenvalue weighted by atomic mass is 9.95. The van der Waals surface area contributed by atoms with Crippen LogP contribution < -0.4 is 0 Å². The highest BCUT2D eigenvalue weighted by Crippen LogP contribution is 2.37. The highest BCUT2D eigenvalue weighted by atomic mass is 79.9. The molecule has 1 heterocycles. The Balaban J connectivity index is 2.31. The van der Waals surface area contributed by atoms with Gasteiger partial charge in [0.1, 0.15) is 11.5 Å². The Bertz CT molecular complexity index is 580. The second-order valence-corrected chi connectivity index (χ2v) is 6.51. The summed E-state index contributed by atoms with van der Waals surface area (Å²) < 4.78 is 5.74. The topological polar surface area (TPSA) is 13.1 Å². The van der Waals surface area contributed by atoms with E-state index in [2.05, 4.69) is 61.0 Å². The van der Waals surface area contributed by atoms with Gasteiger partial charge in [0, 0.05) is 5.56 Å². The first-order valence-corrected chi connectivity index (χ1v) is 8.17. The van der Waals surface area contributed by atoms with Crippen LogP contribution in [0.5, 0.6) is 0 Å². The number of halogens is 1. The molecule has 2 heteroatoms. The van der Waals surface area contributed by atoms with Crippen molar-refractivity contribution in [2.24, 2.45) is 0 Å². The van der Waals surface area contributed by atoms with Crippen LogP contribution in [0, 0.1) is 20.8 Å². The molecule has 0 spiro atoms. The van der Waals surface area contributed by atoms with Crippen molar-refractivity contribution in [3.8, 4) is 0 Å². The minimum Gasteiger partial charge on any atom is -0.466 e. The van der Waals surface area contributed by atoms with Crippen molar-refractivity contribution in [3.63, 3.8) is 0 Å². The fraction of sp³-hybridized carbons (Fsp3) is 0.444. The highest BCUT2D eigenvalue weighted by Gasteiger charge is 2.20. The van der Waals surface area contributed by atoms with Crippen LogP contribution in [0.3, 0.4) is 0 Å². The Kier molecular flexibility index (Phi) is 4.74. The Labute approximate surface area is 130 Å². The second kappa shape index (κ2) is 6.17. The Morgan fingerprint density at radius 3 is 2.00 bits per heavy atom. The molecule has 0 aliphatic carbocycles. The zero-order chi connectivity index (χ0) is 14.9. The van der Waals surface area contributed by atoms with Crippen LogP contribution in [-0.4, -0.2) is 0 Å². The van der Waals surface area contributed by atoms with Gasteiger partial charge >= 0.3 is 0 Å². The molecular formula is C18H23BrO. The maximum absolute atomic E-state index is 5.74. The molecule has 0 fully saturated rings. The Morgan fingerprint density at radius 1 is 1.00 bits per heavy atom. The minimum atomic E-state index is 0.200. The number of hydrogen-bond acceptors (Lipinski definition) is 1. The van der Waals surface area contributed by atoms with Gasteiger partial charge in [0.2, 0.25) is 0 Å². The molecule has 0 radical (unpaired) electrons. The summed E-state index contributed by atoms with van der Waals surface area (Å²) in [7, 11) is 0. The van der Waals surface area contributed by atoms with Crippen LogP contribution >= 0.6 is 15.9 Å². The Morgan fingerprint density at radius 2 is 1.55 bits per heavy atom. The molecular weight excluding hydrogens is 312 g/mol. The van der Waals surface area contributed by atoms with Gasteiger partial charge in [0.15, 0.2) is 0 Å². The molecule has 2 rings (SSSR count). The first kappa shape index (κ1) is 15.4. The van der Waals surface area contributed by atoms with Gasteiger partial charge in [-0.2, -0.15) is 0 Å². The molecule has 2 aromatic rings. The molecule has 0 amide bonds. The van der Waals surface area contributed by atoms with Crippen molar-refractivity contribution >= 4 is 15.9 Å². The molecule has 0 aliphatic rings. The largest absolute Gasteiger partial charge is 0.466 e. The van der Waals surface area contributed by atoms with E-state index < -0.39 is 0 Å². The number of benzene rings is 1. The second-order valence-electron chi connectivity index (χ2n) is 5.59. The predicted molar refractivity (Wildman–Crippen MR) is 88.8 cm³/mol. The number of rotatable bonds is 4. The summed E-state index contributed by atoms with van der Waals surface area (Å²) in [6, 6.07) is 8.94. The smallest absolute Gasteiger partial charge is 0.106 e. The van der Waals surface area contributed by atoms with Crippen molar-refractivity contribution in [2.45, 2.75) is 51.8 Å². The first-order valence-electron chi connectivity index (χ1n) is 7.26. The maximum Gasteiger partial charge on any atom is 0.106 e. The normalized spacial score (nSPS) is 14.3. The molecule has 1 aromatic heterocycles. The van der Waals surface area contributed by atoms with Crippen LogP contribution in [0.1, 0.15) is 64.8 Å². The summed E-state index contributed by atoms with van der Waals surface area (Å²) in [4.78, 5) is 0.200. The minimum absolute atomic E-state index is 0.200. The summed E-state index contributed by atoms with van der Waals surface area (Å²) in [5.74, 6) is 2.64. The SMILES string of the molecule is CCC(C)c1ccc(C(Br)c2c(C)oc(C)c2C)cc1. The highest BCUT2D eigenvalue weighted by molar-refractivity contribution is 9.09. The van der Waals surface area contributed by atoms with E-state index in [-0.39, 0.29) is 4.83 Å². The number of aryl methyl sites for hydroxylation is 2. The third-order valence-electron chi connectivity index (χ3n) is 4.28. The van der Waals surface area contributed by atoms with E-state index in [1.54, 1.807) is 0 Å². The average Bonchev–Trinajstić information content (AvgIpc) is 2.71. The van der Waals surface area contributed by atoms with E-state index in [4.69, 9.17) is 4.42 Å². The van der Waals surface area contributed by atoms with Crippen LogP contribution in [0.25, 0.3) is 0 Å².